The van der Waals surface area contributed by atoms with Crippen molar-refractivity contribution in [2.45, 2.75) is 51.1 Å². The van der Waals surface area contributed by atoms with Crippen molar-refractivity contribution in [1.29, 1.82) is 0 Å². The zero-order valence-corrected chi connectivity index (χ0v) is 13.9. The molecule has 1 saturated heterocycles. The van der Waals surface area contributed by atoms with Crippen LogP contribution in [0.1, 0.15) is 49.0 Å². The molecule has 1 aromatic heterocycles. The van der Waals surface area contributed by atoms with Crippen molar-refractivity contribution >= 4 is 11.9 Å². The number of rotatable bonds is 3. The molecular formula is C17H23N3O4. The van der Waals surface area contributed by atoms with Crippen molar-refractivity contribution < 1.29 is 14.3 Å². The van der Waals surface area contributed by atoms with E-state index >= 15 is 0 Å². The molecule has 1 aliphatic carbocycles. The minimum atomic E-state index is -0.661. The van der Waals surface area contributed by atoms with E-state index in [1.54, 1.807) is 0 Å². The van der Waals surface area contributed by atoms with E-state index in [1.165, 1.54) is 43.7 Å². The molecule has 130 valence electrons. The number of hydrogen-bond donors (Lipinski definition) is 0. The van der Waals surface area contributed by atoms with E-state index in [4.69, 9.17) is 0 Å². The quantitative estimate of drug-likeness (QED) is 0.777. The third kappa shape index (κ3) is 3.34. The number of amides is 1. The minimum Gasteiger partial charge on any atom is -0.464 e. The Morgan fingerprint density at radius 1 is 1.25 bits per heavy atom. The standard InChI is InChI=1S/C17H23N3O4/c1-24-17(23)13-9-15(21)19(11-18-13)10-16(22)20-8-4-6-12-5-2-3-7-14(12)20/h9,11-12,14H,2-8,10H2,1H3. The van der Waals surface area contributed by atoms with Gasteiger partial charge in [0.1, 0.15) is 6.54 Å². The second kappa shape index (κ2) is 7.15. The molecular weight excluding hydrogens is 310 g/mol. The van der Waals surface area contributed by atoms with E-state index in [-0.39, 0.29) is 18.1 Å². The van der Waals surface area contributed by atoms with Crippen LogP contribution < -0.4 is 5.56 Å². The Hall–Kier alpha value is -2.18. The largest absolute Gasteiger partial charge is 0.464 e. The lowest BCUT2D eigenvalue weighted by Gasteiger charge is -2.44. The normalized spacial score (nSPS) is 23.5. The number of aromatic nitrogens is 2. The summed E-state index contributed by atoms with van der Waals surface area (Å²) in [6.45, 7) is 0.735. The van der Waals surface area contributed by atoms with Crippen LogP contribution in [0.5, 0.6) is 0 Å². The van der Waals surface area contributed by atoms with Gasteiger partial charge in [0, 0.05) is 18.7 Å². The van der Waals surface area contributed by atoms with E-state index in [9.17, 15) is 14.4 Å². The third-order valence-electron chi connectivity index (χ3n) is 5.14. The monoisotopic (exact) mass is 333 g/mol. The Labute approximate surface area is 140 Å². The number of likely N-dealkylation sites (tertiary alicyclic amines) is 1. The number of methoxy groups -OCH3 is 1. The molecule has 24 heavy (non-hydrogen) atoms. The van der Waals surface area contributed by atoms with Gasteiger partial charge in [-0.2, -0.15) is 0 Å². The molecule has 1 amide bonds. The van der Waals surface area contributed by atoms with Crippen molar-refractivity contribution in [3.05, 3.63) is 28.4 Å². The van der Waals surface area contributed by atoms with Crippen molar-refractivity contribution in [2.75, 3.05) is 13.7 Å². The van der Waals surface area contributed by atoms with Gasteiger partial charge in [0.15, 0.2) is 5.69 Å². The molecule has 3 rings (SSSR count). The van der Waals surface area contributed by atoms with E-state index < -0.39 is 11.5 Å². The van der Waals surface area contributed by atoms with Crippen LogP contribution in [0.25, 0.3) is 0 Å². The SMILES string of the molecule is COC(=O)c1cc(=O)n(CC(=O)N2CCCC3CCCCC32)cn1. The van der Waals surface area contributed by atoms with Crippen LogP contribution in [0, 0.1) is 5.92 Å². The zero-order chi connectivity index (χ0) is 17.1. The van der Waals surface area contributed by atoms with Crippen LogP contribution in [0.4, 0.5) is 0 Å². The van der Waals surface area contributed by atoms with Crippen LogP contribution in [-0.4, -0.2) is 46.0 Å². The molecule has 2 unspecified atom stereocenters. The lowest BCUT2D eigenvalue weighted by atomic mass is 9.78. The molecule has 1 saturated carbocycles. The third-order valence-corrected chi connectivity index (χ3v) is 5.14. The zero-order valence-electron chi connectivity index (χ0n) is 13.9. The molecule has 0 bridgehead atoms. The fraction of sp³-hybridized carbons (Fsp3) is 0.647. The Bertz CT molecular complexity index is 683. The highest BCUT2D eigenvalue weighted by molar-refractivity contribution is 5.86. The van der Waals surface area contributed by atoms with E-state index in [0.717, 1.165) is 25.5 Å². The minimum absolute atomic E-state index is 0.0312. The van der Waals surface area contributed by atoms with Crippen LogP contribution in [0.15, 0.2) is 17.2 Å². The fourth-order valence-electron chi connectivity index (χ4n) is 3.93. The maximum absolute atomic E-state index is 12.7. The van der Waals surface area contributed by atoms with Gasteiger partial charge in [-0.05, 0) is 31.6 Å². The molecule has 7 nitrogen and oxygen atoms in total. The van der Waals surface area contributed by atoms with E-state index in [2.05, 4.69) is 9.72 Å². The molecule has 1 aliphatic heterocycles. The predicted molar refractivity (Wildman–Crippen MR) is 86.5 cm³/mol. The summed E-state index contributed by atoms with van der Waals surface area (Å²) in [5, 5.41) is 0. The fourth-order valence-corrected chi connectivity index (χ4v) is 3.93. The molecule has 0 aromatic carbocycles. The number of fused-ring (bicyclic) bond motifs is 1. The summed E-state index contributed by atoms with van der Waals surface area (Å²) in [4.78, 5) is 42.1. The maximum atomic E-state index is 12.7. The van der Waals surface area contributed by atoms with E-state index in [1.807, 2.05) is 4.90 Å². The Kier molecular flexibility index (Phi) is 4.97. The van der Waals surface area contributed by atoms with Gasteiger partial charge >= 0.3 is 5.97 Å². The molecule has 0 N–H and O–H groups in total. The Morgan fingerprint density at radius 2 is 2.00 bits per heavy atom. The van der Waals surface area contributed by atoms with Gasteiger partial charge < -0.3 is 9.64 Å². The van der Waals surface area contributed by atoms with Crippen molar-refractivity contribution in [1.82, 2.24) is 14.5 Å². The molecule has 2 heterocycles. The van der Waals surface area contributed by atoms with Crippen LogP contribution >= 0.6 is 0 Å². The second-order valence-electron chi connectivity index (χ2n) is 6.57. The number of hydrogen-bond acceptors (Lipinski definition) is 5. The summed E-state index contributed by atoms with van der Waals surface area (Å²) >= 11 is 0. The first-order valence-electron chi connectivity index (χ1n) is 8.54. The molecule has 2 aliphatic rings. The van der Waals surface area contributed by atoms with Crippen molar-refractivity contribution in [3.63, 3.8) is 0 Å². The molecule has 0 radical (unpaired) electrons. The molecule has 7 heteroatoms. The van der Waals surface area contributed by atoms with Gasteiger partial charge in [0.05, 0.1) is 13.4 Å². The number of piperidine rings is 1. The highest BCUT2D eigenvalue weighted by Gasteiger charge is 2.35. The molecule has 2 fully saturated rings. The summed E-state index contributed by atoms with van der Waals surface area (Å²) in [7, 11) is 1.23. The molecule has 0 spiro atoms. The van der Waals surface area contributed by atoms with Crippen molar-refractivity contribution in [2.24, 2.45) is 5.92 Å². The number of carbonyl (C=O) groups excluding carboxylic acids is 2. The Morgan fingerprint density at radius 3 is 2.75 bits per heavy atom. The van der Waals surface area contributed by atoms with Gasteiger partial charge in [-0.15, -0.1) is 0 Å². The number of ether oxygens (including phenoxy) is 1. The van der Waals surface area contributed by atoms with E-state index in [0.29, 0.717) is 12.0 Å². The van der Waals surface area contributed by atoms with Gasteiger partial charge in [-0.1, -0.05) is 12.8 Å². The number of nitrogens with zero attached hydrogens (tertiary/aromatic N) is 3. The summed E-state index contributed by atoms with van der Waals surface area (Å²) < 4.78 is 5.79. The molecule has 2 atom stereocenters. The average molecular weight is 333 g/mol. The van der Waals surface area contributed by atoms with Crippen LogP contribution in [0.2, 0.25) is 0 Å². The maximum Gasteiger partial charge on any atom is 0.356 e. The summed E-state index contributed by atoms with van der Waals surface area (Å²) in [5.41, 5.74) is -0.465. The van der Waals surface area contributed by atoms with Crippen LogP contribution in [-0.2, 0) is 16.1 Å². The topological polar surface area (TPSA) is 81.5 Å². The highest BCUT2D eigenvalue weighted by atomic mass is 16.5. The van der Waals surface area contributed by atoms with Gasteiger partial charge in [-0.25, -0.2) is 9.78 Å². The van der Waals surface area contributed by atoms with Gasteiger partial charge in [0.2, 0.25) is 5.91 Å². The second-order valence-corrected chi connectivity index (χ2v) is 6.57. The number of esters is 1. The first-order chi connectivity index (χ1) is 11.6. The smallest absolute Gasteiger partial charge is 0.356 e. The number of carbonyl (C=O) groups is 2. The lowest BCUT2D eigenvalue weighted by Crippen LogP contribution is -2.51. The summed E-state index contributed by atoms with van der Waals surface area (Å²) in [6.07, 6.45) is 8.15. The van der Waals surface area contributed by atoms with Crippen LogP contribution in [0.3, 0.4) is 0 Å². The summed E-state index contributed by atoms with van der Waals surface area (Å²) in [5.74, 6) is -0.0963. The average Bonchev–Trinajstić information content (AvgIpc) is 2.62. The molecule has 1 aromatic rings. The summed E-state index contributed by atoms with van der Waals surface area (Å²) in [6, 6.07) is 1.43. The van der Waals surface area contributed by atoms with Crippen molar-refractivity contribution in [3.8, 4) is 0 Å². The van der Waals surface area contributed by atoms with Gasteiger partial charge in [-0.3, -0.25) is 14.2 Å². The highest BCUT2D eigenvalue weighted by Crippen LogP contribution is 2.35. The predicted octanol–water partition coefficient (Wildman–Crippen LogP) is 1.21. The lowest BCUT2D eigenvalue weighted by molar-refractivity contribution is -0.138. The Balaban J connectivity index is 1.72. The first kappa shape index (κ1) is 16.7. The van der Waals surface area contributed by atoms with Gasteiger partial charge in [0.25, 0.3) is 5.56 Å². The first-order valence-corrected chi connectivity index (χ1v) is 8.54.